The lowest BCUT2D eigenvalue weighted by Gasteiger charge is -2.19. The van der Waals surface area contributed by atoms with Gasteiger partial charge in [0.25, 0.3) is 0 Å². The first-order valence-corrected chi connectivity index (χ1v) is 7.19. The van der Waals surface area contributed by atoms with Gasteiger partial charge in [-0.25, -0.2) is 0 Å². The van der Waals surface area contributed by atoms with Crippen LogP contribution in [0.4, 0.5) is 0 Å². The molecule has 102 valence electrons. The summed E-state index contributed by atoms with van der Waals surface area (Å²) in [5.41, 5.74) is 2.38. The quantitative estimate of drug-likeness (QED) is 0.918. The first kappa shape index (κ1) is 13.2. The molecule has 0 saturated carbocycles. The molecule has 0 aromatic heterocycles. The summed E-state index contributed by atoms with van der Waals surface area (Å²) in [5.74, 6) is 0.317. The van der Waals surface area contributed by atoms with E-state index >= 15 is 0 Å². The normalized spacial score (nSPS) is 21.8. The molecule has 1 N–H and O–H groups in total. The Morgan fingerprint density at radius 2 is 1.90 bits per heavy atom. The van der Waals surface area contributed by atoms with Gasteiger partial charge in [-0.15, -0.1) is 0 Å². The molecule has 20 heavy (non-hydrogen) atoms. The molecular weight excluding hydrogens is 270 g/mol. The molecule has 0 bridgehead atoms. The van der Waals surface area contributed by atoms with Crippen LogP contribution in [0.2, 0.25) is 5.02 Å². The van der Waals surface area contributed by atoms with Crippen molar-refractivity contribution in [2.45, 2.75) is 24.8 Å². The van der Waals surface area contributed by atoms with E-state index in [9.17, 15) is 4.79 Å². The van der Waals surface area contributed by atoms with Crippen molar-refractivity contribution < 1.29 is 4.79 Å². The first-order chi connectivity index (χ1) is 9.72. The van der Waals surface area contributed by atoms with E-state index in [0.29, 0.717) is 6.42 Å². The van der Waals surface area contributed by atoms with Crippen LogP contribution in [0.25, 0.3) is 0 Å². The Hall–Kier alpha value is -1.80. The van der Waals surface area contributed by atoms with E-state index in [2.05, 4.69) is 23.5 Å². The summed E-state index contributed by atoms with van der Waals surface area (Å²) in [6.45, 7) is 0. The predicted octanol–water partition coefficient (Wildman–Crippen LogP) is 3.55. The van der Waals surface area contributed by atoms with E-state index in [-0.39, 0.29) is 17.9 Å². The summed E-state index contributed by atoms with van der Waals surface area (Å²) in [4.78, 5) is 11.8. The molecule has 2 unspecified atom stereocenters. The molecular formula is C17H16ClNO. The second-order valence-corrected chi connectivity index (χ2v) is 5.67. The molecule has 1 fully saturated rings. The number of hydrogen-bond acceptors (Lipinski definition) is 1. The molecule has 0 radical (unpaired) electrons. The SMILES string of the molecule is O=C1CC(c2cccc(Cl)c2)C(Cc2ccccc2)N1. The van der Waals surface area contributed by atoms with Crippen molar-refractivity contribution in [2.24, 2.45) is 0 Å². The number of nitrogens with one attached hydrogen (secondary N) is 1. The van der Waals surface area contributed by atoms with Crippen molar-refractivity contribution in [3.05, 3.63) is 70.7 Å². The number of rotatable bonds is 3. The first-order valence-electron chi connectivity index (χ1n) is 6.81. The van der Waals surface area contributed by atoms with Crippen molar-refractivity contribution in [3.63, 3.8) is 0 Å². The molecule has 2 atom stereocenters. The van der Waals surface area contributed by atoms with Gasteiger partial charge in [0.05, 0.1) is 0 Å². The summed E-state index contributed by atoms with van der Waals surface area (Å²) < 4.78 is 0. The minimum absolute atomic E-state index is 0.121. The fourth-order valence-corrected chi connectivity index (χ4v) is 3.06. The number of hydrogen-bond donors (Lipinski definition) is 1. The van der Waals surface area contributed by atoms with Crippen LogP contribution in [0.5, 0.6) is 0 Å². The molecule has 1 aliphatic heterocycles. The fraction of sp³-hybridized carbons (Fsp3) is 0.235. The smallest absolute Gasteiger partial charge is 0.220 e. The topological polar surface area (TPSA) is 29.1 Å². The standard InChI is InChI=1S/C17H16ClNO/c18-14-8-4-7-13(10-14)15-11-17(20)19-16(15)9-12-5-2-1-3-6-12/h1-8,10,15-16H,9,11H2,(H,19,20). The molecule has 1 aliphatic rings. The number of carbonyl (C=O) groups is 1. The van der Waals surface area contributed by atoms with Crippen molar-refractivity contribution in [3.8, 4) is 0 Å². The average Bonchev–Trinajstić information content (AvgIpc) is 2.81. The Morgan fingerprint density at radius 3 is 2.65 bits per heavy atom. The fourth-order valence-electron chi connectivity index (χ4n) is 2.86. The number of carbonyl (C=O) groups excluding carboxylic acids is 1. The zero-order valence-corrected chi connectivity index (χ0v) is 11.8. The van der Waals surface area contributed by atoms with Gasteiger partial charge in [0.1, 0.15) is 0 Å². The minimum atomic E-state index is 0.121. The number of benzene rings is 2. The second-order valence-electron chi connectivity index (χ2n) is 5.23. The molecule has 1 saturated heterocycles. The maximum Gasteiger partial charge on any atom is 0.220 e. The van der Waals surface area contributed by atoms with Crippen LogP contribution in [-0.4, -0.2) is 11.9 Å². The molecule has 1 amide bonds. The van der Waals surface area contributed by atoms with Crippen molar-refractivity contribution in [1.82, 2.24) is 5.32 Å². The Kier molecular flexibility index (Phi) is 3.75. The highest BCUT2D eigenvalue weighted by atomic mass is 35.5. The highest BCUT2D eigenvalue weighted by Gasteiger charge is 2.33. The van der Waals surface area contributed by atoms with E-state index in [0.717, 1.165) is 17.0 Å². The molecule has 3 heteroatoms. The molecule has 1 heterocycles. The monoisotopic (exact) mass is 285 g/mol. The highest BCUT2D eigenvalue weighted by molar-refractivity contribution is 6.30. The lowest BCUT2D eigenvalue weighted by Crippen LogP contribution is -2.30. The molecule has 3 rings (SSSR count). The number of halogens is 1. The summed E-state index contributed by atoms with van der Waals surface area (Å²) in [7, 11) is 0. The third-order valence-electron chi connectivity index (χ3n) is 3.81. The van der Waals surface area contributed by atoms with Gasteiger partial charge in [-0.1, -0.05) is 54.1 Å². The van der Waals surface area contributed by atoms with E-state index in [1.807, 2.05) is 36.4 Å². The predicted molar refractivity (Wildman–Crippen MR) is 80.9 cm³/mol. The third kappa shape index (κ3) is 2.86. The number of amides is 1. The van der Waals surface area contributed by atoms with Gasteiger partial charge < -0.3 is 5.32 Å². The van der Waals surface area contributed by atoms with Gasteiger partial charge in [-0.3, -0.25) is 4.79 Å². The lowest BCUT2D eigenvalue weighted by molar-refractivity contribution is -0.119. The van der Waals surface area contributed by atoms with Gasteiger partial charge in [0, 0.05) is 23.4 Å². The van der Waals surface area contributed by atoms with Crippen LogP contribution in [0.15, 0.2) is 54.6 Å². The van der Waals surface area contributed by atoms with Crippen LogP contribution < -0.4 is 5.32 Å². The van der Waals surface area contributed by atoms with Gasteiger partial charge in [-0.05, 0) is 29.7 Å². The van der Waals surface area contributed by atoms with Crippen LogP contribution in [0.3, 0.4) is 0 Å². The summed E-state index contributed by atoms with van der Waals surface area (Å²) in [5, 5.41) is 3.81. The van der Waals surface area contributed by atoms with E-state index in [4.69, 9.17) is 11.6 Å². The van der Waals surface area contributed by atoms with Crippen molar-refractivity contribution >= 4 is 17.5 Å². The lowest BCUT2D eigenvalue weighted by atomic mass is 9.88. The zero-order valence-electron chi connectivity index (χ0n) is 11.1. The van der Waals surface area contributed by atoms with E-state index in [1.54, 1.807) is 0 Å². The Labute approximate surface area is 123 Å². The van der Waals surface area contributed by atoms with Crippen LogP contribution in [-0.2, 0) is 11.2 Å². The Balaban J connectivity index is 1.83. The third-order valence-corrected chi connectivity index (χ3v) is 4.05. The Bertz CT molecular complexity index is 611. The van der Waals surface area contributed by atoms with Crippen LogP contribution in [0, 0.1) is 0 Å². The maximum absolute atomic E-state index is 11.8. The van der Waals surface area contributed by atoms with Gasteiger partial charge in [0.15, 0.2) is 0 Å². The molecule has 2 aromatic rings. The van der Waals surface area contributed by atoms with Gasteiger partial charge >= 0.3 is 0 Å². The van der Waals surface area contributed by atoms with Gasteiger partial charge in [0.2, 0.25) is 5.91 Å². The molecule has 2 aromatic carbocycles. The summed E-state index contributed by atoms with van der Waals surface area (Å²) in [6.07, 6.45) is 1.39. The molecule has 2 nitrogen and oxygen atoms in total. The van der Waals surface area contributed by atoms with Crippen molar-refractivity contribution in [1.29, 1.82) is 0 Å². The van der Waals surface area contributed by atoms with Gasteiger partial charge in [-0.2, -0.15) is 0 Å². The average molecular weight is 286 g/mol. The maximum atomic E-state index is 11.8. The second kappa shape index (κ2) is 5.68. The summed E-state index contributed by atoms with van der Waals surface area (Å²) in [6, 6.07) is 18.2. The van der Waals surface area contributed by atoms with Crippen LogP contribution >= 0.6 is 11.6 Å². The Morgan fingerprint density at radius 1 is 1.10 bits per heavy atom. The largest absolute Gasteiger partial charge is 0.352 e. The van der Waals surface area contributed by atoms with E-state index in [1.165, 1.54) is 5.56 Å². The molecule has 0 spiro atoms. The van der Waals surface area contributed by atoms with Crippen molar-refractivity contribution in [2.75, 3.05) is 0 Å². The zero-order chi connectivity index (χ0) is 13.9. The molecule has 0 aliphatic carbocycles. The van der Waals surface area contributed by atoms with Crippen LogP contribution in [0.1, 0.15) is 23.5 Å². The summed E-state index contributed by atoms with van der Waals surface area (Å²) >= 11 is 6.06. The van der Waals surface area contributed by atoms with E-state index < -0.39 is 0 Å². The highest BCUT2D eigenvalue weighted by Crippen LogP contribution is 2.31. The minimum Gasteiger partial charge on any atom is -0.352 e.